The highest BCUT2D eigenvalue weighted by molar-refractivity contribution is 8.76. The van der Waals surface area contributed by atoms with E-state index in [1.165, 1.54) is 0 Å². The molecule has 1 fully saturated rings. The molecule has 1 saturated heterocycles. The van der Waals surface area contributed by atoms with Crippen LogP contribution < -0.4 is 10.6 Å². The van der Waals surface area contributed by atoms with E-state index < -0.39 is 12.4 Å². The molecule has 0 aromatic heterocycles. The summed E-state index contributed by atoms with van der Waals surface area (Å²) >= 11 is 0. The zero-order valence-electron chi connectivity index (χ0n) is 17.4. The number of hydrogen-bond donors (Lipinski definition) is 2. The van der Waals surface area contributed by atoms with Crippen molar-refractivity contribution in [3.63, 3.8) is 0 Å². The van der Waals surface area contributed by atoms with E-state index in [1.807, 2.05) is 34.0 Å². The zero-order valence-corrected chi connectivity index (χ0v) is 19.1. The average molecular weight is 439 g/mol. The van der Waals surface area contributed by atoms with Crippen molar-refractivity contribution in [3.05, 3.63) is 0 Å². The molecule has 2 atom stereocenters. The monoisotopic (exact) mass is 438 g/mol. The van der Waals surface area contributed by atoms with Crippen LogP contribution in [0, 0.1) is 0 Å². The minimum absolute atomic E-state index is 0.0147. The maximum Gasteiger partial charge on any atom is 0.407 e. The topological polar surface area (TPSA) is 95.1 Å². The van der Waals surface area contributed by atoms with Crippen LogP contribution in [0.25, 0.3) is 0 Å². The van der Waals surface area contributed by atoms with Crippen LogP contribution in [-0.2, 0) is 23.7 Å². The third-order valence-corrected chi connectivity index (χ3v) is 5.56. The number of carbonyl (C=O) groups is 2. The molecule has 164 valence electrons. The summed E-state index contributed by atoms with van der Waals surface area (Å²) in [5.74, 6) is 0.736. The van der Waals surface area contributed by atoms with E-state index in [0.717, 1.165) is 12.2 Å². The van der Waals surface area contributed by atoms with Crippen LogP contribution in [0.4, 0.5) is 4.79 Å². The average Bonchev–Trinajstić information content (AvgIpc) is 2.95. The lowest BCUT2D eigenvalue weighted by Gasteiger charge is -2.24. The quantitative estimate of drug-likeness (QED) is 0.257. The third-order valence-electron chi connectivity index (χ3n) is 3.74. The molecule has 8 nitrogen and oxygen atoms in total. The third kappa shape index (κ3) is 12.0. The summed E-state index contributed by atoms with van der Waals surface area (Å²) in [5, 5.41) is 5.35. The van der Waals surface area contributed by atoms with Crippen molar-refractivity contribution in [3.8, 4) is 0 Å². The molecular weight excluding hydrogens is 404 g/mol. The van der Waals surface area contributed by atoms with E-state index in [4.69, 9.17) is 18.9 Å². The van der Waals surface area contributed by atoms with Gasteiger partial charge in [-0.25, -0.2) is 4.79 Å². The van der Waals surface area contributed by atoms with Gasteiger partial charge < -0.3 is 29.6 Å². The second kappa shape index (κ2) is 13.5. The molecule has 1 aliphatic rings. The molecule has 0 aromatic rings. The Labute approximate surface area is 175 Å². The lowest BCUT2D eigenvalue weighted by atomic mass is 10.1. The lowest BCUT2D eigenvalue weighted by molar-refractivity contribution is -0.202. The first kappa shape index (κ1) is 25.4. The fourth-order valence-corrected chi connectivity index (χ4v) is 3.75. The molecule has 0 bridgehead atoms. The largest absolute Gasteiger partial charge is 0.444 e. The molecule has 28 heavy (non-hydrogen) atoms. The summed E-state index contributed by atoms with van der Waals surface area (Å²) in [7, 11) is 3.27. The van der Waals surface area contributed by atoms with Crippen molar-refractivity contribution < 1.29 is 28.5 Å². The van der Waals surface area contributed by atoms with Gasteiger partial charge in [0.25, 0.3) is 0 Å². The van der Waals surface area contributed by atoms with Crippen LogP contribution in [0.5, 0.6) is 0 Å². The van der Waals surface area contributed by atoms with Crippen LogP contribution >= 0.6 is 21.6 Å². The zero-order chi connectivity index (χ0) is 21.0. The van der Waals surface area contributed by atoms with Crippen molar-refractivity contribution in [2.45, 2.75) is 64.6 Å². The van der Waals surface area contributed by atoms with E-state index >= 15 is 0 Å². The number of carbonyl (C=O) groups excluding carboxylic acids is 2. The van der Waals surface area contributed by atoms with Crippen molar-refractivity contribution in [1.82, 2.24) is 10.6 Å². The Hall–Kier alpha value is -0.680. The van der Waals surface area contributed by atoms with Crippen LogP contribution in [0.2, 0.25) is 0 Å². The van der Waals surface area contributed by atoms with Crippen LogP contribution in [0.1, 0.15) is 40.5 Å². The molecule has 0 spiro atoms. The first-order chi connectivity index (χ1) is 13.2. The fourth-order valence-electron chi connectivity index (χ4n) is 2.57. The standard InChI is InChI=1S/C18H34N2O6S2/c1-13(2)25-16(26-14-10-18(3,4)24-11-14)12-23-17(22)20-8-7-19-15(21)6-9-28-27-5/h13-14,16H,6-12H2,1-5H3,(H,19,21)(H,20,22). The SMILES string of the molecule is CSSCCC(=O)NCCNC(=O)OCC(OC(C)C)OC1COC(C)(C)C1. The van der Waals surface area contributed by atoms with Gasteiger partial charge in [-0.15, -0.1) is 0 Å². The van der Waals surface area contributed by atoms with Crippen LogP contribution in [0.15, 0.2) is 0 Å². The Balaban J connectivity index is 2.22. The molecular formula is C18H34N2O6S2. The number of rotatable bonds is 13. The van der Waals surface area contributed by atoms with E-state index in [2.05, 4.69) is 10.6 Å². The van der Waals surface area contributed by atoms with Crippen molar-refractivity contribution in [2.24, 2.45) is 0 Å². The molecule has 2 unspecified atom stereocenters. The van der Waals surface area contributed by atoms with Gasteiger partial charge in [-0.2, -0.15) is 0 Å². The maximum atomic E-state index is 11.8. The van der Waals surface area contributed by atoms with E-state index in [9.17, 15) is 9.59 Å². The smallest absolute Gasteiger partial charge is 0.407 e. The van der Waals surface area contributed by atoms with Crippen molar-refractivity contribution >= 4 is 33.6 Å². The Morgan fingerprint density at radius 1 is 1.25 bits per heavy atom. The molecule has 1 aliphatic heterocycles. The summed E-state index contributed by atoms with van der Waals surface area (Å²) < 4.78 is 22.4. The molecule has 0 aromatic carbocycles. The minimum atomic E-state index is -0.651. The second-order valence-corrected chi connectivity index (χ2v) is 9.95. The maximum absolute atomic E-state index is 11.8. The van der Waals surface area contributed by atoms with Gasteiger partial charge in [-0.05, 0) is 34.0 Å². The molecule has 10 heteroatoms. The lowest BCUT2D eigenvalue weighted by Crippen LogP contribution is -2.37. The van der Waals surface area contributed by atoms with Gasteiger partial charge in [-0.3, -0.25) is 4.79 Å². The van der Waals surface area contributed by atoms with Gasteiger partial charge in [0, 0.05) is 31.7 Å². The predicted octanol–water partition coefficient (Wildman–Crippen LogP) is 2.57. The van der Waals surface area contributed by atoms with Gasteiger partial charge in [0.1, 0.15) is 6.61 Å². The van der Waals surface area contributed by atoms with Gasteiger partial charge in [-0.1, -0.05) is 21.6 Å². The van der Waals surface area contributed by atoms with Crippen molar-refractivity contribution in [2.75, 3.05) is 38.3 Å². The number of amides is 2. The predicted molar refractivity (Wildman–Crippen MR) is 112 cm³/mol. The fraction of sp³-hybridized carbons (Fsp3) is 0.889. The van der Waals surface area contributed by atoms with Crippen LogP contribution in [0.3, 0.4) is 0 Å². The molecule has 2 N–H and O–H groups in total. The molecule has 1 rings (SSSR count). The summed E-state index contributed by atoms with van der Waals surface area (Å²) in [6.07, 6.45) is 1.81. The Bertz CT molecular complexity index is 479. The van der Waals surface area contributed by atoms with E-state index in [1.54, 1.807) is 21.6 Å². The van der Waals surface area contributed by atoms with Crippen molar-refractivity contribution in [1.29, 1.82) is 0 Å². The Morgan fingerprint density at radius 2 is 1.96 bits per heavy atom. The molecule has 0 aliphatic carbocycles. The number of nitrogens with one attached hydrogen (secondary N) is 2. The van der Waals surface area contributed by atoms with Gasteiger partial charge >= 0.3 is 6.09 Å². The number of ether oxygens (including phenoxy) is 4. The highest BCUT2D eigenvalue weighted by Crippen LogP contribution is 2.27. The Kier molecular flexibility index (Phi) is 12.2. The highest BCUT2D eigenvalue weighted by atomic mass is 33.1. The first-order valence-electron chi connectivity index (χ1n) is 9.49. The van der Waals surface area contributed by atoms with Crippen LogP contribution in [-0.4, -0.2) is 74.4 Å². The number of alkyl carbamates (subject to hydrolysis) is 1. The van der Waals surface area contributed by atoms with Gasteiger partial charge in [0.2, 0.25) is 5.91 Å². The Morgan fingerprint density at radius 3 is 2.57 bits per heavy atom. The number of hydrogen-bond acceptors (Lipinski definition) is 8. The normalized spacial score (nSPS) is 19.4. The summed E-state index contributed by atoms with van der Waals surface area (Å²) in [4.78, 5) is 23.4. The van der Waals surface area contributed by atoms with E-state index in [0.29, 0.717) is 26.1 Å². The molecule has 0 saturated carbocycles. The molecule has 2 amide bonds. The summed E-state index contributed by atoms with van der Waals surface area (Å²) in [5.41, 5.74) is -0.218. The first-order valence-corrected chi connectivity index (χ1v) is 12.2. The van der Waals surface area contributed by atoms with Gasteiger partial charge in [0.05, 0.1) is 24.4 Å². The second-order valence-electron chi connectivity index (χ2n) is 7.26. The van der Waals surface area contributed by atoms with Gasteiger partial charge in [0.15, 0.2) is 6.29 Å². The summed E-state index contributed by atoms with van der Waals surface area (Å²) in [6.45, 7) is 8.94. The highest BCUT2D eigenvalue weighted by Gasteiger charge is 2.34. The summed E-state index contributed by atoms with van der Waals surface area (Å²) in [6, 6.07) is 0. The minimum Gasteiger partial charge on any atom is -0.444 e. The molecule has 1 heterocycles. The van der Waals surface area contributed by atoms with E-state index in [-0.39, 0.29) is 30.3 Å². The molecule has 0 radical (unpaired) electrons.